The van der Waals surface area contributed by atoms with E-state index in [1.54, 1.807) is 14.2 Å². The second kappa shape index (κ2) is 6.17. The number of para-hydroxylation sites is 1. The molecule has 2 aromatic carbocycles. The van der Waals surface area contributed by atoms with E-state index in [9.17, 15) is 0 Å². The van der Waals surface area contributed by atoms with Crippen molar-refractivity contribution in [2.24, 2.45) is 5.92 Å². The zero-order valence-electron chi connectivity index (χ0n) is 13.8. The maximum absolute atomic E-state index is 5.49. The van der Waals surface area contributed by atoms with Gasteiger partial charge in [0.15, 0.2) is 11.5 Å². The number of nitrogens with one attached hydrogen (secondary N) is 1. The normalized spacial score (nSPS) is 24.0. The number of methoxy groups -OCH3 is 2. The Morgan fingerprint density at radius 1 is 1.08 bits per heavy atom. The lowest BCUT2D eigenvalue weighted by molar-refractivity contribution is 0.353. The van der Waals surface area contributed by atoms with Gasteiger partial charge in [-0.2, -0.15) is 0 Å². The van der Waals surface area contributed by atoms with E-state index in [2.05, 4.69) is 63.7 Å². The lowest BCUT2D eigenvalue weighted by Gasteiger charge is -2.38. The molecule has 24 heavy (non-hydrogen) atoms. The van der Waals surface area contributed by atoms with E-state index >= 15 is 0 Å². The Balaban J connectivity index is 1.78. The predicted molar refractivity (Wildman–Crippen MR) is 100 cm³/mol. The largest absolute Gasteiger partial charge is 0.493 e. The third-order valence-corrected chi connectivity index (χ3v) is 5.77. The zero-order valence-corrected chi connectivity index (χ0v) is 15.3. The lowest BCUT2D eigenvalue weighted by Crippen LogP contribution is -2.29. The standard InChI is InChI=1S/C20H20BrNO2/c1-23-17-10-9-12(11-18(17)24-2)19-14-6-3-5-13(14)15-7-4-8-16(21)20(15)22-19/h3-5,7-11,13-14,19,22H,6H2,1-2H3. The molecule has 0 fully saturated rings. The Morgan fingerprint density at radius 2 is 1.92 bits per heavy atom. The first-order valence-electron chi connectivity index (χ1n) is 8.16. The third kappa shape index (κ3) is 2.40. The van der Waals surface area contributed by atoms with Crippen LogP contribution >= 0.6 is 15.9 Å². The Morgan fingerprint density at radius 3 is 2.71 bits per heavy atom. The molecule has 4 heteroatoms. The summed E-state index contributed by atoms with van der Waals surface area (Å²) in [5, 5.41) is 3.76. The van der Waals surface area contributed by atoms with Crippen LogP contribution in [0.5, 0.6) is 11.5 Å². The van der Waals surface area contributed by atoms with Crippen LogP contribution in [0.3, 0.4) is 0 Å². The van der Waals surface area contributed by atoms with Gasteiger partial charge < -0.3 is 14.8 Å². The van der Waals surface area contributed by atoms with Crippen molar-refractivity contribution in [3.63, 3.8) is 0 Å². The van der Waals surface area contributed by atoms with Crippen LogP contribution in [0, 0.1) is 5.92 Å². The van der Waals surface area contributed by atoms with E-state index in [0.717, 1.165) is 22.4 Å². The highest BCUT2D eigenvalue weighted by atomic mass is 79.9. The number of rotatable bonds is 3. The average molecular weight is 386 g/mol. The minimum atomic E-state index is 0.246. The minimum absolute atomic E-state index is 0.246. The molecule has 1 aliphatic heterocycles. The van der Waals surface area contributed by atoms with Gasteiger partial charge in [0.2, 0.25) is 0 Å². The smallest absolute Gasteiger partial charge is 0.161 e. The minimum Gasteiger partial charge on any atom is -0.493 e. The van der Waals surface area contributed by atoms with Gasteiger partial charge in [-0.25, -0.2) is 0 Å². The van der Waals surface area contributed by atoms with Gasteiger partial charge in [-0.1, -0.05) is 30.4 Å². The molecule has 2 aliphatic rings. The number of ether oxygens (including phenoxy) is 2. The highest BCUT2D eigenvalue weighted by Gasteiger charge is 2.38. The first kappa shape index (κ1) is 15.6. The number of benzene rings is 2. The summed E-state index contributed by atoms with van der Waals surface area (Å²) in [6.45, 7) is 0. The molecule has 0 saturated carbocycles. The van der Waals surface area contributed by atoms with E-state index in [-0.39, 0.29) is 6.04 Å². The molecule has 0 radical (unpaired) electrons. The second-order valence-electron chi connectivity index (χ2n) is 6.29. The predicted octanol–water partition coefficient (Wildman–Crippen LogP) is 5.29. The van der Waals surface area contributed by atoms with Crippen LogP contribution in [0.15, 0.2) is 53.0 Å². The molecule has 1 N–H and O–H groups in total. The molecule has 0 aromatic heterocycles. The summed E-state index contributed by atoms with van der Waals surface area (Å²) in [6, 6.07) is 12.9. The molecular formula is C20H20BrNO2. The summed E-state index contributed by atoms with van der Waals surface area (Å²) in [5.41, 5.74) is 3.80. The van der Waals surface area contributed by atoms with Crippen LogP contribution in [0.25, 0.3) is 0 Å². The number of fused-ring (bicyclic) bond motifs is 3. The van der Waals surface area contributed by atoms with E-state index in [0.29, 0.717) is 11.8 Å². The SMILES string of the molecule is COc1ccc(C2Nc3c(Br)cccc3C3C=CCC32)cc1OC. The van der Waals surface area contributed by atoms with Crippen molar-refractivity contribution in [3.05, 3.63) is 64.1 Å². The fourth-order valence-corrected chi connectivity index (χ4v) is 4.46. The number of allylic oxidation sites excluding steroid dienone is 2. The highest BCUT2D eigenvalue weighted by Crippen LogP contribution is 2.52. The van der Waals surface area contributed by atoms with E-state index in [1.165, 1.54) is 16.8 Å². The summed E-state index contributed by atoms with van der Waals surface area (Å²) in [4.78, 5) is 0. The maximum Gasteiger partial charge on any atom is 0.161 e. The van der Waals surface area contributed by atoms with Gasteiger partial charge in [0.25, 0.3) is 0 Å². The van der Waals surface area contributed by atoms with Crippen LogP contribution in [0.4, 0.5) is 5.69 Å². The third-order valence-electron chi connectivity index (χ3n) is 5.11. The van der Waals surface area contributed by atoms with Gasteiger partial charge in [-0.3, -0.25) is 0 Å². The van der Waals surface area contributed by atoms with Crippen molar-refractivity contribution >= 4 is 21.6 Å². The maximum atomic E-state index is 5.49. The topological polar surface area (TPSA) is 30.5 Å². The number of hydrogen-bond donors (Lipinski definition) is 1. The summed E-state index contributed by atoms with van der Waals surface area (Å²) in [7, 11) is 3.35. The van der Waals surface area contributed by atoms with Crippen LogP contribution in [-0.2, 0) is 0 Å². The molecule has 2 aromatic rings. The second-order valence-corrected chi connectivity index (χ2v) is 7.15. The number of hydrogen-bond acceptors (Lipinski definition) is 3. The molecule has 1 heterocycles. The van der Waals surface area contributed by atoms with Gasteiger partial charge in [-0.05, 0) is 57.6 Å². The van der Waals surface area contributed by atoms with E-state index < -0.39 is 0 Å². The van der Waals surface area contributed by atoms with Crippen LogP contribution < -0.4 is 14.8 Å². The highest BCUT2D eigenvalue weighted by molar-refractivity contribution is 9.10. The van der Waals surface area contributed by atoms with E-state index in [1.807, 2.05) is 6.07 Å². The van der Waals surface area contributed by atoms with Crippen LogP contribution in [0.1, 0.15) is 29.5 Å². The summed E-state index contributed by atoms with van der Waals surface area (Å²) in [6.07, 6.45) is 5.74. The van der Waals surface area contributed by atoms with Crippen LogP contribution in [-0.4, -0.2) is 14.2 Å². The molecule has 0 saturated heterocycles. The Bertz CT molecular complexity index is 802. The van der Waals surface area contributed by atoms with Gasteiger partial charge >= 0.3 is 0 Å². The molecule has 0 bridgehead atoms. The van der Waals surface area contributed by atoms with Gasteiger partial charge in [0.05, 0.1) is 25.9 Å². The van der Waals surface area contributed by atoms with Crippen molar-refractivity contribution < 1.29 is 9.47 Å². The van der Waals surface area contributed by atoms with Crippen molar-refractivity contribution in [2.45, 2.75) is 18.4 Å². The number of anilines is 1. The molecule has 0 amide bonds. The molecular weight excluding hydrogens is 366 g/mol. The van der Waals surface area contributed by atoms with E-state index in [4.69, 9.17) is 9.47 Å². The van der Waals surface area contributed by atoms with Gasteiger partial charge in [-0.15, -0.1) is 0 Å². The Hall–Kier alpha value is -1.94. The summed E-state index contributed by atoms with van der Waals surface area (Å²) >= 11 is 3.70. The Labute approximate surface area is 150 Å². The lowest BCUT2D eigenvalue weighted by atomic mass is 9.77. The van der Waals surface area contributed by atoms with Crippen molar-refractivity contribution in [1.82, 2.24) is 0 Å². The molecule has 1 aliphatic carbocycles. The molecule has 3 atom stereocenters. The average Bonchev–Trinajstić information content (AvgIpc) is 3.11. The first-order chi connectivity index (χ1) is 11.7. The number of halogens is 1. The monoisotopic (exact) mass is 385 g/mol. The molecule has 4 rings (SSSR count). The van der Waals surface area contributed by atoms with Crippen molar-refractivity contribution in [2.75, 3.05) is 19.5 Å². The fraction of sp³-hybridized carbons (Fsp3) is 0.300. The summed E-state index contributed by atoms with van der Waals surface area (Å²) < 4.78 is 12.0. The molecule has 124 valence electrons. The van der Waals surface area contributed by atoms with Crippen LogP contribution in [0.2, 0.25) is 0 Å². The molecule has 0 spiro atoms. The summed E-state index contributed by atoms with van der Waals surface area (Å²) in [5.74, 6) is 2.51. The van der Waals surface area contributed by atoms with Crippen molar-refractivity contribution in [1.29, 1.82) is 0 Å². The molecule has 3 nitrogen and oxygen atoms in total. The quantitative estimate of drug-likeness (QED) is 0.727. The van der Waals surface area contributed by atoms with Gasteiger partial charge in [0, 0.05) is 10.4 Å². The fourth-order valence-electron chi connectivity index (χ4n) is 3.96. The van der Waals surface area contributed by atoms with Gasteiger partial charge in [0.1, 0.15) is 0 Å². The first-order valence-corrected chi connectivity index (χ1v) is 8.95. The Kier molecular flexibility index (Phi) is 4.01. The van der Waals surface area contributed by atoms with Crippen molar-refractivity contribution in [3.8, 4) is 11.5 Å². The molecule has 3 unspecified atom stereocenters. The zero-order chi connectivity index (χ0) is 16.7.